The second kappa shape index (κ2) is 9.52. The Morgan fingerprint density at radius 2 is 1.79 bits per heavy atom. The summed E-state index contributed by atoms with van der Waals surface area (Å²) in [4.78, 5) is 31.0. The van der Waals surface area contributed by atoms with Crippen LogP contribution in [0.1, 0.15) is 30.5 Å². The van der Waals surface area contributed by atoms with E-state index in [1.165, 1.54) is 34.4 Å². The molecule has 0 aliphatic heterocycles. The maximum absolute atomic E-state index is 13.2. The highest BCUT2D eigenvalue weighted by molar-refractivity contribution is 7.90. The van der Waals surface area contributed by atoms with Crippen LogP contribution in [0.2, 0.25) is 0 Å². The molecule has 4 rings (SSSR count). The normalized spacial score (nSPS) is 12.6. The lowest BCUT2D eigenvalue weighted by atomic mass is 10.1. The van der Waals surface area contributed by atoms with Gasteiger partial charge in [0.15, 0.2) is 9.84 Å². The molecule has 1 N–H and O–H groups in total. The van der Waals surface area contributed by atoms with Gasteiger partial charge in [-0.05, 0) is 37.1 Å². The molecule has 0 radical (unpaired) electrons. The smallest absolute Gasteiger partial charge is 0.262 e. The maximum atomic E-state index is 13.2. The lowest BCUT2D eigenvalue weighted by Gasteiger charge is -2.15. The molecule has 0 fully saturated rings. The first kappa shape index (κ1) is 23.8. The first-order valence-electron chi connectivity index (χ1n) is 10.8. The molecule has 0 saturated carbocycles. The Labute approximate surface area is 202 Å². The number of aromatic nitrogens is 2. The predicted molar refractivity (Wildman–Crippen MR) is 135 cm³/mol. The summed E-state index contributed by atoms with van der Waals surface area (Å²) in [6, 6.07) is 14.1. The molecular weight excluding hydrogens is 470 g/mol. The summed E-state index contributed by atoms with van der Waals surface area (Å²) < 4.78 is 24.7. The van der Waals surface area contributed by atoms with Crippen LogP contribution in [0.15, 0.2) is 69.9 Å². The average Bonchev–Trinajstić information content (AvgIpc) is 3.23. The van der Waals surface area contributed by atoms with Gasteiger partial charge in [0, 0.05) is 30.2 Å². The molecule has 2 aromatic carbocycles. The summed E-state index contributed by atoms with van der Waals surface area (Å²) in [5.41, 5.74) is 3.58. The third kappa shape index (κ3) is 5.10. The molecule has 1 amide bonds. The van der Waals surface area contributed by atoms with Crippen molar-refractivity contribution in [1.29, 1.82) is 0 Å². The molecule has 7 nitrogen and oxygen atoms in total. The molecule has 34 heavy (non-hydrogen) atoms. The summed E-state index contributed by atoms with van der Waals surface area (Å²) in [5, 5.41) is 5.40. The topological polar surface area (TPSA) is 98.1 Å². The number of aryl methyl sites for hydroxylation is 2. The molecule has 1 unspecified atom stereocenters. The fraction of sp³-hybridized carbons (Fsp3) is 0.240. The SMILES string of the molecule is Cc1ccc(-c2csc3ncn(CCC(=O)NC(C)c4ccc(S(C)(=O)=O)cc4)c(=O)c23)cc1. The fourth-order valence-corrected chi connectivity index (χ4v) is 5.23. The van der Waals surface area contributed by atoms with Gasteiger partial charge in [0.05, 0.1) is 22.7 Å². The van der Waals surface area contributed by atoms with Gasteiger partial charge in [-0.1, -0.05) is 42.0 Å². The lowest BCUT2D eigenvalue weighted by Crippen LogP contribution is -2.29. The average molecular weight is 496 g/mol. The maximum Gasteiger partial charge on any atom is 0.262 e. The summed E-state index contributed by atoms with van der Waals surface area (Å²) in [6.07, 6.45) is 2.75. The number of sulfone groups is 1. The Morgan fingerprint density at radius 3 is 2.44 bits per heavy atom. The van der Waals surface area contributed by atoms with Gasteiger partial charge in [-0.15, -0.1) is 11.3 Å². The van der Waals surface area contributed by atoms with Crippen LogP contribution in [0.5, 0.6) is 0 Å². The number of amides is 1. The van der Waals surface area contributed by atoms with Crippen molar-refractivity contribution in [3.05, 3.63) is 81.7 Å². The van der Waals surface area contributed by atoms with Crippen LogP contribution in [-0.2, 0) is 21.2 Å². The van der Waals surface area contributed by atoms with Gasteiger partial charge in [0.25, 0.3) is 5.56 Å². The largest absolute Gasteiger partial charge is 0.350 e. The van der Waals surface area contributed by atoms with Gasteiger partial charge in [-0.2, -0.15) is 0 Å². The minimum absolute atomic E-state index is 0.114. The van der Waals surface area contributed by atoms with Gasteiger partial charge in [-0.3, -0.25) is 14.2 Å². The van der Waals surface area contributed by atoms with Gasteiger partial charge in [-0.25, -0.2) is 13.4 Å². The third-order valence-electron chi connectivity index (χ3n) is 5.69. The van der Waals surface area contributed by atoms with E-state index in [0.29, 0.717) is 10.2 Å². The van der Waals surface area contributed by atoms with E-state index in [1.807, 2.05) is 43.5 Å². The molecule has 0 spiro atoms. The molecule has 0 aliphatic carbocycles. The van der Waals surface area contributed by atoms with Gasteiger partial charge < -0.3 is 5.32 Å². The first-order chi connectivity index (χ1) is 16.1. The van der Waals surface area contributed by atoms with Crippen molar-refractivity contribution in [3.63, 3.8) is 0 Å². The number of thiophene rings is 1. The van der Waals surface area contributed by atoms with Crippen molar-refractivity contribution >= 4 is 37.3 Å². The Balaban J connectivity index is 1.46. The second-order valence-corrected chi connectivity index (χ2v) is 11.2. The van der Waals surface area contributed by atoms with Crippen LogP contribution in [0.3, 0.4) is 0 Å². The molecule has 4 aromatic rings. The number of carbonyl (C=O) groups excluding carboxylic acids is 1. The highest BCUT2D eigenvalue weighted by Gasteiger charge is 2.15. The minimum atomic E-state index is -3.27. The first-order valence-corrected chi connectivity index (χ1v) is 13.5. The number of carbonyl (C=O) groups is 1. The molecule has 2 aromatic heterocycles. The molecule has 1 atom stereocenters. The molecular formula is C25H25N3O4S2. The monoisotopic (exact) mass is 495 g/mol. The summed E-state index contributed by atoms with van der Waals surface area (Å²) in [6.45, 7) is 4.05. The van der Waals surface area contributed by atoms with Crippen molar-refractivity contribution in [2.24, 2.45) is 0 Å². The fourth-order valence-electron chi connectivity index (χ4n) is 3.70. The third-order valence-corrected chi connectivity index (χ3v) is 7.70. The van der Waals surface area contributed by atoms with Crippen LogP contribution < -0.4 is 10.9 Å². The van der Waals surface area contributed by atoms with Gasteiger partial charge in [0.2, 0.25) is 5.91 Å². The molecule has 0 bridgehead atoms. The Morgan fingerprint density at radius 1 is 1.12 bits per heavy atom. The zero-order valence-electron chi connectivity index (χ0n) is 19.1. The highest BCUT2D eigenvalue weighted by Crippen LogP contribution is 2.30. The summed E-state index contributed by atoms with van der Waals surface area (Å²) >= 11 is 1.43. The number of fused-ring (bicyclic) bond motifs is 1. The number of rotatable bonds is 7. The van der Waals surface area contributed by atoms with E-state index >= 15 is 0 Å². The zero-order chi connectivity index (χ0) is 24.5. The van der Waals surface area contributed by atoms with Crippen LogP contribution in [-0.4, -0.2) is 30.1 Å². The highest BCUT2D eigenvalue weighted by atomic mass is 32.2. The van der Waals surface area contributed by atoms with Crippen LogP contribution in [0.4, 0.5) is 0 Å². The van der Waals surface area contributed by atoms with E-state index in [1.54, 1.807) is 12.1 Å². The van der Waals surface area contributed by atoms with E-state index < -0.39 is 9.84 Å². The van der Waals surface area contributed by atoms with E-state index in [0.717, 1.165) is 28.5 Å². The molecule has 0 saturated heterocycles. The Bertz CT molecular complexity index is 1500. The van der Waals surface area contributed by atoms with Crippen molar-refractivity contribution in [1.82, 2.24) is 14.9 Å². The number of benzene rings is 2. The van der Waals surface area contributed by atoms with Crippen LogP contribution >= 0.6 is 11.3 Å². The second-order valence-electron chi connectivity index (χ2n) is 8.32. The number of nitrogens with zero attached hydrogens (tertiary/aromatic N) is 2. The van der Waals surface area contributed by atoms with Crippen LogP contribution in [0.25, 0.3) is 21.3 Å². The number of nitrogens with one attached hydrogen (secondary N) is 1. The minimum Gasteiger partial charge on any atom is -0.350 e. The van der Waals surface area contributed by atoms with E-state index in [-0.39, 0.29) is 35.4 Å². The standard InChI is InChI=1S/C25H25N3O4S2/c1-16-4-6-19(7-5-16)21-14-33-24-23(21)25(30)28(15-26-24)13-12-22(29)27-17(2)18-8-10-20(11-9-18)34(3,31)32/h4-11,14-15,17H,12-13H2,1-3H3,(H,27,29). The summed E-state index contributed by atoms with van der Waals surface area (Å²) in [5.74, 6) is -0.212. The van der Waals surface area contributed by atoms with Crippen molar-refractivity contribution in [2.75, 3.05) is 6.26 Å². The Kier molecular flexibility index (Phi) is 6.67. The Hall–Kier alpha value is -3.30. The van der Waals surface area contributed by atoms with E-state index in [2.05, 4.69) is 10.3 Å². The van der Waals surface area contributed by atoms with Gasteiger partial charge in [0.1, 0.15) is 4.83 Å². The molecule has 176 valence electrons. The molecule has 9 heteroatoms. The number of hydrogen-bond acceptors (Lipinski definition) is 6. The van der Waals surface area contributed by atoms with Crippen molar-refractivity contribution in [2.45, 2.75) is 37.8 Å². The van der Waals surface area contributed by atoms with E-state index in [4.69, 9.17) is 0 Å². The molecule has 0 aliphatic rings. The zero-order valence-corrected chi connectivity index (χ0v) is 20.7. The van der Waals surface area contributed by atoms with Crippen molar-refractivity contribution < 1.29 is 13.2 Å². The van der Waals surface area contributed by atoms with Crippen LogP contribution in [0, 0.1) is 6.92 Å². The quantitative estimate of drug-likeness (QED) is 0.416. The van der Waals surface area contributed by atoms with E-state index in [9.17, 15) is 18.0 Å². The lowest BCUT2D eigenvalue weighted by molar-refractivity contribution is -0.121. The van der Waals surface area contributed by atoms with Crippen molar-refractivity contribution in [3.8, 4) is 11.1 Å². The van der Waals surface area contributed by atoms with Gasteiger partial charge >= 0.3 is 0 Å². The number of hydrogen-bond donors (Lipinski definition) is 1. The summed E-state index contributed by atoms with van der Waals surface area (Å²) in [7, 11) is -3.27. The molecule has 2 heterocycles. The predicted octanol–water partition coefficient (Wildman–Crippen LogP) is 4.10.